The van der Waals surface area contributed by atoms with Crippen LogP contribution in [0.4, 0.5) is 0 Å². The topological polar surface area (TPSA) is 55.8 Å². The van der Waals surface area contributed by atoms with Gasteiger partial charge in [0.25, 0.3) is 0 Å². The number of carbonyl (C=O) groups excluding carboxylic acids is 1. The molecular formula is C17H13BrO4. The van der Waals surface area contributed by atoms with Gasteiger partial charge in [-0.2, -0.15) is 0 Å². The van der Waals surface area contributed by atoms with Gasteiger partial charge in [-0.3, -0.25) is 4.79 Å². The number of rotatable bonds is 2. The summed E-state index contributed by atoms with van der Waals surface area (Å²) in [4.78, 5) is 12.4. The van der Waals surface area contributed by atoms with E-state index < -0.39 is 0 Å². The van der Waals surface area contributed by atoms with Crippen LogP contribution in [-0.2, 0) is 0 Å². The van der Waals surface area contributed by atoms with Crippen LogP contribution in [0.25, 0.3) is 6.08 Å². The lowest BCUT2D eigenvalue weighted by atomic mass is 10.1. The van der Waals surface area contributed by atoms with Crippen LogP contribution in [-0.4, -0.2) is 18.0 Å². The molecule has 4 nitrogen and oxygen atoms in total. The Morgan fingerprint density at radius 1 is 1.27 bits per heavy atom. The normalized spacial score (nSPS) is 14.9. The number of methoxy groups -OCH3 is 1. The van der Waals surface area contributed by atoms with Gasteiger partial charge in [0.2, 0.25) is 5.78 Å². The van der Waals surface area contributed by atoms with E-state index in [-0.39, 0.29) is 17.3 Å². The van der Waals surface area contributed by atoms with Gasteiger partial charge < -0.3 is 14.6 Å². The van der Waals surface area contributed by atoms with E-state index in [1.54, 1.807) is 50.4 Å². The van der Waals surface area contributed by atoms with Crippen molar-refractivity contribution >= 4 is 27.8 Å². The molecule has 0 amide bonds. The molecule has 0 spiro atoms. The predicted octanol–water partition coefficient (Wildman–Crippen LogP) is 4.09. The Labute approximate surface area is 136 Å². The number of halogens is 1. The van der Waals surface area contributed by atoms with Crippen LogP contribution < -0.4 is 9.47 Å². The van der Waals surface area contributed by atoms with Gasteiger partial charge in [0.05, 0.1) is 12.7 Å². The molecule has 2 aromatic carbocycles. The maximum atomic E-state index is 12.4. The number of Topliss-reactive ketones (excluding diaryl/α,β-unsaturated/α-hetero) is 1. The molecule has 0 atom stereocenters. The van der Waals surface area contributed by atoms with Crippen LogP contribution >= 0.6 is 15.9 Å². The zero-order chi connectivity index (χ0) is 15.9. The highest BCUT2D eigenvalue weighted by atomic mass is 79.9. The molecule has 0 fully saturated rings. The Hall–Kier alpha value is -2.27. The summed E-state index contributed by atoms with van der Waals surface area (Å²) in [5, 5.41) is 9.55. The van der Waals surface area contributed by atoms with Crippen molar-refractivity contribution in [2.45, 2.75) is 6.92 Å². The van der Waals surface area contributed by atoms with Crippen LogP contribution in [0.15, 0.2) is 40.6 Å². The molecule has 112 valence electrons. The highest BCUT2D eigenvalue weighted by Crippen LogP contribution is 2.43. The molecule has 0 aromatic heterocycles. The fraction of sp³-hybridized carbons (Fsp3) is 0.118. The van der Waals surface area contributed by atoms with Crippen molar-refractivity contribution in [3.63, 3.8) is 0 Å². The van der Waals surface area contributed by atoms with Crippen molar-refractivity contribution in [1.29, 1.82) is 0 Å². The first-order valence-corrected chi connectivity index (χ1v) is 7.41. The molecule has 3 rings (SSSR count). The van der Waals surface area contributed by atoms with E-state index in [1.165, 1.54) is 0 Å². The van der Waals surface area contributed by atoms with Gasteiger partial charge in [-0.1, -0.05) is 6.07 Å². The number of allylic oxidation sites excluding steroid dienone is 1. The number of aryl methyl sites for hydroxylation is 1. The number of ketones is 1. The zero-order valence-corrected chi connectivity index (χ0v) is 13.6. The van der Waals surface area contributed by atoms with Gasteiger partial charge >= 0.3 is 0 Å². The first kappa shape index (κ1) is 14.7. The first-order chi connectivity index (χ1) is 10.5. The van der Waals surface area contributed by atoms with Gasteiger partial charge in [0.15, 0.2) is 11.5 Å². The van der Waals surface area contributed by atoms with Crippen LogP contribution in [0.5, 0.6) is 17.2 Å². The third-order valence-electron chi connectivity index (χ3n) is 3.48. The van der Waals surface area contributed by atoms with Gasteiger partial charge in [0, 0.05) is 0 Å². The Kier molecular flexibility index (Phi) is 3.66. The largest absolute Gasteiger partial charge is 0.508 e. The number of ether oxygens (including phenoxy) is 2. The Balaban J connectivity index is 2.01. The molecule has 0 bridgehead atoms. The van der Waals surface area contributed by atoms with E-state index >= 15 is 0 Å². The second-order valence-electron chi connectivity index (χ2n) is 4.94. The Morgan fingerprint density at radius 3 is 2.73 bits per heavy atom. The van der Waals surface area contributed by atoms with Gasteiger partial charge in [-0.15, -0.1) is 0 Å². The van der Waals surface area contributed by atoms with E-state index in [2.05, 4.69) is 15.9 Å². The molecule has 1 heterocycles. The van der Waals surface area contributed by atoms with Crippen molar-refractivity contribution in [3.8, 4) is 17.2 Å². The van der Waals surface area contributed by atoms with Crippen molar-refractivity contribution in [3.05, 3.63) is 57.3 Å². The van der Waals surface area contributed by atoms with Crippen LogP contribution in [0.3, 0.4) is 0 Å². The molecule has 2 aromatic rings. The minimum Gasteiger partial charge on any atom is -0.508 e. The lowest BCUT2D eigenvalue weighted by molar-refractivity contribution is 0.101. The molecule has 22 heavy (non-hydrogen) atoms. The summed E-state index contributed by atoms with van der Waals surface area (Å²) in [6.07, 6.45) is 1.66. The number of aromatic hydroxyl groups is 1. The molecule has 0 saturated heterocycles. The van der Waals surface area contributed by atoms with E-state index in [0.717, 1.165) is 11.1 Å². The summed E-state index contributed by atoms with van der Waals surface area (Å²) in [6, 6.07) is 8.51. The monoisotopic (exact) mass is 360 g/mol. The number of phenolic OH excluding ortho intramolecular Hbond substituents is 1. The van der Waals surface area contributed by atoms with Gasteiger partial charge in [-0.05, 0) is 64.3 Å². The Morgan fingerprint density at radius 2 is 2.05 bits per heavy atom. The van der Waals surface area contributed by atoms with Crippen LogP contribution in [0.1, 0.15) is 21.5 Å². The number of hydrogen-bond donors (Lipinski definition) is 1. The average Bonchev–Trinajstić information content (AvgIpc) is 2.81. The molecule has 0 radical (unpaired) electrons. The van der Waals surface area contributed by atoms with E-state index in [0.29, 0.717) is 21.5 Å². The molecule has 5 heteroatoms. The molecule has 0 aliphatic carbocycles. The van der Waals surface area contributed by atoms with Crippen molar-refractivity contribution in [2.75, 3.05) is 7.11 Å². The van der Waals surface area contributed by atoms with E-state index in [9.17, 15) is 9.90 Å². The number of hydrogen-bond acceptors (Lipinski definition) is 4. The summed E-state index contributed by atoms with van der Waals surface area (Å²) in [6.45, 7) is 1.80. The smallest absolute Gasteiger partial charge is 0.232 e. The molecule has 1 N–H and O–H groups in total. The lowest BCUT2D eigenvalue weighted by Gasteiger charge is -2.06. The fourth-order valence-electron chi connectivity index (χ4n) is 2.28. The summed E-state index contributed by atoms with van der Waals surface area (Å²) in [5.41, 5.74) is 2.02. The zero-order valence-electron chi connectivity index (χ0n) is 12.0. The summed E-state index contributed by atoms with van der Waals surface area (Å²) in [7, 11) is 1.55. The first-order valence-electron chi connectivity index (χ1n) is 6.61. The molecule has 1 aliphatic heterocycles. The number of carbonyl (C=O) groups is 1. The minimum absolute atomic E-state index is 0.177. The fourth-order valence-corrected chi connectivity index (χ4v) is 2.87. The standard InChI is InChI=1S/C17H13BrO4/c1-9-7-10(3-5-12(9)19)8-14-16(20)11-4-6-13(21-2)15(18)17(11)22-14/h3-8,19H,1-2H3/b14-8-. The summed E-state index contributed by atoms with van der Waals surface area (Å²) >= 11 is 3.39. The van der Waals surface area contributed by atoms with E-state index in [1.807, 2.05) is 0 Å². The third kappa shape index (κ3) is 2.37. The van der Waals surface area contributed by atoms with Crippen molar-refractivity contribution < 1.29 is 19.4 Å². The maximum absolute atomic E-state index is 12.4. The second kappa shape index (κ2) is 5.50. The van der Waals surface area contributed by atoms with Crippen LogP contribution in [0.2, 0.25) is 0 Å². The number of fused-ring (bicyclic) bond motifs is 1. The second-order valence-corrected chi connectivity index (χ2v) is 5.74. The molecule has 0 unspecified atom stereocenters. The Bertz CT molecular complexity index is 809. The van der Waals surface area contributed by atoms with Crippen LogP contribution in [0, 0.1) is 6.92 Å². The molecule has 0 saturated carbocycles. The van der Waals surface area contributed by atoms with E-state index in [4.69, 9.17) is 9.47 Å². The quantitative estimate of drug-likeness (QED) is 0.819. The third-order valence-corrected chi connectivity index (χ3v) is 4.23. The maximum Gasteiger partial charge on any atom is 0.232 e. The number of benzene rings is 2. The minimum atomic E-state index is -0.177. The highest BCUT2D eigenvalue weighted by Gasteiger charge is 2.30. The molecule has 1 aliphatic rings. The highest BCUT2D eigenvalue weighted by molar-refractivity contribution is 9.10. The van der Waals surface area contributed by atoms with Gasteiger partial charge in [0.1, 0.15) is 16.0 Å². The molecular weight excluding hydrogens is 348 g/mol. The van der Waals surface area contributed by atoms with Crippen molar-refractivity contribution in [1.82, 2.24) is 0 Å². The van der Waals surface area contributed by atoms with Crippen molar-refractivity contribution in [2.24, 2.45) is 0 Å². The van der Waals surface area contributed by atoms with Gasteiger partial charge in [-0.25, -0.2) is 0 Å². The SMILES string of the molecule is COc1ccc2c(c1Br)O/C(=C\c1ccc(O)c(C)c1)C2=O. The average molecular weight is 361 g/mol. The summed E-state index contributed by atoms with van der Waals surface area (Å²) in [5.74, 6) is 1.36. The summed E-state index contributed by atoms with van der Waals surface area (Å²) < 4.78 is 11.5. The lowest BCUT2D eigenvalue weighted by Crippen LogP contribution is -1.98. The number of phenols is 1. The predicted molar refractivity (Wildman–Crippen MR) is 86.5 cm³/mol.